The number of nitrogens with zero attached hydrogens (tertiary/aromatic N) is 3. The minimum absolute atomic E-state index is 0.0244. The third-order valence-electron chi connectivity index (χ3n) is 4.66. The number of rotatable bonds is 6. The Morgan fingerprint density at radius 1 is 1.06 bits per heavy atom. The Balaban J connectivity index is 1.38. The van der Waals surface area contributed by atoms with E-state index in [-0.39, 0.29) is 18.1 Å². The molecule has 160 valence electrons. The van der Waals surface area contributed by atoms with Gasteiger partial charge in [0.05, 0.1) is 5.39 Å². The van der Waals surface area contributed by atoms with Gasteiger partial charge in [-0.3, -0.25) is 0 Å². The van der Waals surface area contributed by atoms with E-state index in [1.807, 2.05) is 0 Å². The monoisotopic (exact) mass is 435 g/mol. The number of benzene rings is 2. The molecule has 0 saturated heterocycles. The Kier molecular flexibility index (Phi) is 4.53. The molecule has 0 unspecified atom stereocenters. The van der Waals surface area contributed by atoms with Crippen LogP contribution in [-0.2, 0) is 6.61 Å². The van der Waals surface area contributed by atoms with Crippen molar-refractivity contribution in [2.45, 2.75) is 31.7 Å². The minimum Gasteiger partial charge on any atom is -0.465 e. The SMILES string of the molecule is Fc1cc(OC(F)(F)F)ccc1-c1ccc2onc(OCc3nnc(C4CC4)o3)c2c1. The molecule has 11 heteroatoms. The second-order valence-electron chi connectivity index (χ2n) is 6.99. The van der Waals surface area contributed by atoms with E-state index in [2.05, 4.69) is 20.1 Å². The molecule has 0 amide bonds. The number of halogens is 4. The van der Waals surface area contributed by atoms with Crippen molar-refractivity contribution >= 4 is 11.0 Å². The van der Waals surface area contributed by atoms with Crippen molar-refractivity contribution in [3.05, 3.63) is 54.0 Å². The smallest absolute Gasteiger partial charge is 0.465 e. The topological polar surface area (TPSA) is 83.4 Å². The molecule has 2 aromatic carbocycles. The highest BCUT2D eigenvalue weighted by Gasteiger charge is 2.31. The fourth-order valence-electron chi connectivity index (χ4n) is 3.07. The van der Waals surface area contributed by atoms with Crippen molar-refractivity contribution in [1.82, 2.24) is 15.4 Å². The predicted molar refractivity (Wildman–Crippen MR) is 96.7 cm³/mol. The maximum absolute atomic E-state index is 14.4. The van der Waals surface area contributed by atoms with Gasteiger partial charge in [0.25, 0.3) is 11.8 Å². The first-order valence-electron chi connectivity index (χ1n) is 9.26. The molecule has 5 rings (SSSR count). The first-order valence-corrected chi connectivity index (χ1v) is 9.26. The van der Waals surface area contributed by atoms with Crippen molar-refractivity contribution in [1.29, 1.82) is 0 Å². The van der Waals surface area contributed by atoms with E-state index in [1.165, 1.54) is 6.07 Å². The van der Waals surface area contributed by atoms with Gasteiger partial charge in [-0.25, -0.2) is 4.39 Å². The summed E-state index contributed by atoms with van der Waals surface area (Å²) in [5.74, 6) is -0.188. The molecule has 7 nitrogen and oxygen atoms in total. The van der Waals surface area contributed by atoms with Crippen LogP contribution in [0.2, 0.25) is 0 Å². The fraction of sp³-hybridized carbons (Fsp3) is 0.250. The van der Waals surface area contributed by atoms with Gasteiger partial charge in [0.15, 0.2) is 12.2 Å². The van der Waals surface area contributed by atoms with Crippen molar-refractivity contribution in [2.24, 2.45) is 0 Å². The zero-order valence-corrected chi connectivity index (χ0v) is 15.6. The van der Waals surface area contributed by atoms with Crippen LogP contribution in [0.15, 0.2) is 45.3 Å². The highest BCUT2D eigenvalue weighted by atomic mass is 19.4. The fourth-order valence-corrected chi connectivity index (χ4v) is 3.07. The number of fused-ring (bicyclic) bond motifs is 1. The average Bonchev–Trinajstić information content (AvgIpc) is 3.31. The van der Waals surface area contributed by atoms with Gasteiger partial charge < -0.3 is 18.4 Å². The van der Waals surface area contributed by atoms with Gasteiger partial charge in [-0.05, 0) is 47.8 Å². The standard InChI is InChI=1S/C20H13F4N3O4/c21-15-8-12(30-20(22,23)24)4-5-13(15)11-3-6-16-14(7-11)19(27-31-16)28-9-17-25-26-18(29-17)10-1-2-10/h3-8,10H,1-2,9H2. The normalized spacial score (nSPS) is 14.2. The Hall–Kier alpha value is -3.63. The zero-order valence-electron chi connectivity index (χ0n) is 15.6. The highest BCUT2D eigenvalue weighted by molar-refractivity contribution is 5.87. The van der Waals surface area contributed by atoms with Gasteiger partial charge in [0, 0.05) is 17.5 Å². The number of ether oxygens (including phenoxy) is 2. The molecular weight excluding hydrogens is 422 g/mol. The molecule has 2 heterocycles. The molecule has 0 radical (unpaired) electrons. The molecule has 0 atom stereocenters. The molecular formula is C20H13F4N3O4. The highest BCUT2D eigenvalue weighted by Crippen LogP contribution is 2.39. The summed E-state index contributed by atoms with van der Waals surface area (Å²) in [7, 11) is 0. The van der Waals surface area contributed by atoms with Crippen molar-refractivity contribution in [3.63, 3.8) is 0 Å². The number of hydrogen-bond donors (Lipinski definition) is 0. The molecule has 0 N–H and O–H groups in total. The largest absolute Gasteiger partial charge is 0.573 e. The van der Waals surface area contributed by atoms with Crippen LogP contribution >= 0.6 is 0 Å². The number of alkyl halides is 3. The molecule has 1 aliphatic carbocycles. The summed E-state index contributed by atoms with van der Waals surface area (Å²) < 4.78 is 71.5. The molecule has 0 spiro atoms. The summed E-state index contributed by atoms with van der Waals surface area (Å²) in [6, 6.07) is 7.58. The Bertz CT molecular complexity index is 1250. The minimum atomic E-state index is -4.90. The lowest BCUT2D eigenvalue weighted by Gasteiger charge is -2.10. The lowest BCUT2D eigenvalue weighted by molar-refractivity contribution is -0.274. The third-order valence-corrected chi connectivity index (χ3v) is 4.66. The molecule has 1 fully saturated rings. The van der Waals surface area contributed by atoms with Gasteiger partial charge in [-0.1, -0.05) is 6.07 Å². The Morgan fingerprint density at radius 2 is 1.90 bits per heavy atom. The molecule has 2 aromatic heterocycles. The van der Waals surface area contributed by atoms with E-state index in [1.54, 1.807) is 18.2 Å². The molecule has 1 saturated carbocycles. The molecule has 1 aliphatic rings. The van der Waals surface area contributed by atoms with E-state index < -0.39 is 17.9 Å². The van der Waals surface area contributed by atoms with Crippen LogP contribution in [0.5, 0.6) is 11.6 Å². The zero-order chi connectivity index (χ0) is 21.6. The van der Waals surface area contributed by atoms with E-state index in [9.17, 15) is 17.6 Å². The molecule has 4 aromatic rings. The number of aromatic nitrogens is 3. The lowest BCUT2D eigenvalue weighted by atomic mass is 10.0. The summed E-state index contributed by atoms with van der Waals surface area (Å²) in [6.07, 6.45) is -2.85. The van der Waals surface area contributed by atoms with Gasteiger partial charge in [0.2, 0.25) is 5.89 Å². The van der Waals surface area contributed by atoms with Crippen molar-refractivity contribution < 1.29 is 36.0 Å². The lowest BCUT2D eigenvalue weighted by Crippen LogP contribution is -2.17. The summed E-state index contributed by atoms with van der Waals surface area (Å²) in [6.45, 7) is -0.0244. The van der Waals surface area contributed by atoms with E-state index in [0.717, 1.165) is 18.9 Å². The van der Waals surface area contributed by atoms with E-state index >= 15 is 0 Å². The Morgan fingerprint density at radius 3 is 2.65 bits per heavy atom. The van der Waals surface area contributed by atoms with Gasteiger partial charge in [-0.2, -0.15) is 0 Å². The average molecular weight is 435 g/mol. The van der Waals surface area contributed by atoms with Crippen molar-refractivity contribution in [3.8, 4) is 22.8 Å². The third kappa shape index (κ3) is 4.16. The van der Waals surface area contributed by atoms with Crippen LogP contribution in [-0.4, -0.2) is 21.7 Å². The van der Waals surface area contributed by atoms with Crippen LogP contribution < -0.4 is 9.47 Å². The summed E-state index contributed by atoms with van der Waals surface area (Å²) in [4.78, 5) is 0. The molecule has 31 heavy (non-hydrogen) atoms. The summed E-state index contributed by atoms with van der Waals surface area (Å²) >= 11 is 0. The first-order chi connectivity index (χ1) is 14.9. The Labute approximate surface area is 171 Å². The van der Waals surface area contributed by atoms with Crippen LogP contribution in [0.3, 0.4) is 0 Å². The maximum Gasteiger partial charge on any atom is 0.573 e. The predicted octanol–water partition coefficient (Wildman–Crippen LogP) is 5.37. The van der Waals surface area contributed by atoms with Gasteiger partial charge in [-0.15, -0.1) is 23.4 Å². The summed E-state index contributed by atoms with van der Waals surface area (Å²) in [5.41, 5.74) is 0.861. The van der Waals surface area contributed by atoms with Crippen LogP contribution in [0.25, 0.3) is 22.1 Å². The maximum atomic E-state index is 14.4. The van der Waals surface area contributed by atoms with Crippen LogP contribution in [0.1, 0.15) is 30.5 Å². The second-order valence-corrected chi connectivity index (χ2v) is 6.99. The first kappa shape index (κ1) is 19.3. The van der Waals surface area contributed by atoms with E-state index in [4.69, 9.17) is 13.7 Å². The van der Waals surface area contributed by atoms with Crippen LogP contribution in [0.4, 0.5) is 17.6 Å². The summed E-state index contributed by atoms with van der Waals surface area (Å²) in [5, 5.41) is 12.2. The van der Waals surface area contributed by atoms with Gasteiger partial charge in [0.1, 0.15) is 11.6 Å². The molecule has 0 aliphatic heterocycles. The van der Waals surface area contributed by atoms with Crippen molar-refractivity contribution in [2.75, 3.05) is 0 Å². The number of hydrogen-bond acceptors (Lipinski definition) is 7. The van der Waals surface area contributed by atoms with E-state index in [0.29, 0.717) is 40.3 Å². The second kappa shape index (κ2) is 7.25. The van der Waals surface area contributed by atoms with Gasteiger partial charge >= 0.3 is 6.36 Å². The quantitative estimate of drug-likeness (QED) is 0.377. The molecule has 0 bridgehead atoms. The van der Waals surface area contributed by atoms with Crippen LogP contribution in [0, 0.1) is 5.82 Å².